The summed E-state index contributed by atoms with van der Waals surface area (Å²) in [5, 5.41) is 4.81. The largest absolute Gasteiger partial charge is 0.341 e. The smallest absolute Gasteiger partial charge is 0.227 e. The Morgan fingerprint density at radius 1 is 1.24 bits per heavy atom. The Kier molecular flexibility index (Phi) is 4.19. The monoisotopic (exact) mass is 357 g/mol. The predicted molar refractivity (Wildman–Crippen MR) is 100 cm³/mol. The van der Waals surface area contributed by atoms with E-state index in [4.69, 9.17) is 27.3 Å². The van der Waals surface area contributed by atoms with Crippen LogP contribution in [0.3, 0.4) is 0 Å². The maximum absolute atomic E-state index is 6.17. The van der Waals surface area contributed by atoms with E-state index in [-0.39, 0.29) is 6.04 Å². The summed E-state index contributed by atoms with van der Waals surface area (Å²) in [6, 6.07) is 5.90. The third-order valence-electron chi connectivity index (χ3n) is 4.42. The van der Waals surface area contributed by atoms with E-state index < -0.39 is 0 Å². The maximum atomic E-state index is 6.17. The zero-order chi connectivity index (χ0) is 17.4. The maximum Gasteiger partial charge on any atom is 0.227 e. The molecule has 1 aliphatic heterocycles. The molecule has 0 radical (unpaired) electrons. The van der Waals surface area contributed by atoms with Gasteiger partial charge in [0.25, 0.3) is 0 Å². The van der Waals surface area contributed by atoms with Crippen LogP contribution in [0.15, 0.2) is 30.7 Å². The highest BCUT2D eigenvalue weighted by atomic mass is 35.5. The van der Waals surface area contributed by atoms with Crippen LogP contribution in [0.25, 0.3) is 10.9 Å². The van der Waals surface area contributed by atoms with Gasteiger partial charge in [-0.2, -0.15) is 4.98 Å². The zero-order valence-corrected chi connectivity index (χ0v) is 14.7. The van der Waals surface area contributed by atoms with Crippen LogP contribution < -0.4 is 16.0 Å². The quantitative estimate of drug-likeness (QED) is 0.749. The molecule has 25 heavy (non-hydrogen) atoms. The van der Waals surface area contributed by atoms with Crippen molar-refractivity contribution in [1.82, 2.24) is 19.5 Å². The number of halogens is 1. The van der Waals surface area contributed by atoms with Gasteiger partial charge in [-0.1, -0.05) is 11.6 Å². The van der Waals surface area contributed by atoms with Crippen molar-refractivity contribution >= 4 is 40.1 Å². The fraction of sp³-hybridized carbons (Fsp3) is 0.353. The molecule has 1 saturated heterocycles. The minimum Gasteiger partial charge on any atom is -0.341 e. The highest BCUT2D eigenvalue weighted by molar-refractivity contribution is 6.31. The topological polar surface area (TPSA) is 84.9 Å². The number of nitrogens with two attached hydrogens (primary N) is 1. The molecule has 1 aliphatic rings. The summed E-state index contributed by atoms with van der Waals surface area (Å²) < 4.78 is 1.88. The minimum absolute atomic E-state index is 0.265. The molecule has 0 unspecified atom stereocenters. The summed E-state index contributed by atoms with van der Waals surface area (Å²) in [6.45, 7) is 1.73. The first kappa shape index (κ1) is 16.1. The molecule has 3 heterocycles. The van der Waals surface area contributed by atoms with Crippen LogP contribution in [0.5, 0.6) is 0 Å². The number of anilines is 3. The zero-order valence-electron chi connectivity index (χ0n) is 14.0. The van der Waals surface area contributed by atoms with Gasteiger partial charge in [-0.3, -0.25) is 0 Å². The van der Waals surface area contributed by atoms with E-state index in [1.54, 1.807) is 6.33 Å². The van der Waals surface area contributed by atoms with Gasteiger partial charge >= 0.3 is 0 Å². The molecule has 0 aliphatic carbocycles. The summed E-state index contributed by atoms with van der Waals surface area (Å²) in [5.41, 5.74) is 6.86. The van der Waals surface area contributed by atoms with Crippen molar-refractivity contribution in [2.75, 3.05) is 23.3 Å². The van der Waals surface area contributed by atoms with Crippen molar-refractivity contribution in [3.8, 4) is 0 Å². The first-order valence-corrected chi connectivity index (χ1v) is 8.69. The van der Waals surface area contributed by atoms with Crippen LogP contribution in [0.4, 0.5) is 17.6 Å². The Bertz CT molecular complexity index is 899. The van der Waals surface area contributed by atoms with Crippen LogP contribution >= 0.6 is 11.6 Å². The van der Waals surface area contributed by atoms with Crippen molar-refractivity contribution in [3.63, 3.8) is 0 Å². The lowest BCUT2D eigenvalue weighted by Crippen LogP contribution is -2.40. The van der Waals surface area contributed by atoms with Crippen molar-refractivity contribution in [1.29, 1.82) is 0 Å². The third kappa shape index (κ3) is 3.38. The van der Waals surface area contributed by atoms with Crippen LogP contribution in [0, 0.1) is 0 Å². The molecule has 8 heteroatoms. The number of aromatic nitrogens is 4. The Morgan fingerprint density at radius 2 is 2.04 bits per heavy atom. The molecule has 0 spiro atoms. The summed E-state index contributed by atoms with van der Waals surface area (Å²) >= 11 is 6.17. The first-order valence-electron chi connectivity index (χ1n) is 8.31. The van der Waals surface area contributed by atoms with Gasteiger partial charge in [0.1, 0.15) is 11.6 Å². The van der Waals surface area contributed by atoms with Crippen molar-refractivity contribution in [2.45, 2.75) is 18.9 Å². The van der Waals surface area contributed by atoms with E-state index in [0.29, 0.717) is 16.8 Å². The number of nitrogens with zero attached hydrogens (tertiary/aromatic N) is 5. The fourth-order valence-electron chi connectivity index (χ4n) is 3.02. The first-order chi connectivity index (χ1) is 12.1. The van der Waals surface area contributed by atoms with Crippen LogP contribution in [-0.4, -0.2) is 38.7 Å². The lowest BCUT2D eigenvalue weighted by Gasteiger charge is -2.30. The van der Waals surface area contributed by atoms with Gasteiger partial charge < -0.3 is 20.5 Å². The standard InChI is InChI=1S/C17H20ClN7/c1-24-9-15(20-10-24)22-16-13-8-11(18)2-3-14(13)21-17(23-16)25-6-4-12(19)5-7-25/h2-3,8-10,12H,4-7,19H2,1H3,(H,21,22,23). The number of hydrogen-bond donors (Lipinski definition) is 2. The number of aryl methyl sites for hydroxylation is 1. The molecule has 130 valence electrons. The molecule has 1 aromatic carbocycles. The second kappa shape index (κ2) is 6.50. The van der Waals surface area contributed by atoms with E-state index in [9.17, 15) is 0 Å². The molecule has 3 N–H and O–H groups in total. The van der Waals surface area contributed by atoms with Crippen LogP contribution in [-0.2, 0) is 7.05 Å². The molecule has 1 fully saturated rings. The molecule has 0 saturated carbocycles. The number of piperidine rings is 1. The molecule has 2 aromatic heterocycles. The van der Waals surface area contributed by atoms with Crippen LogP contribution in [0.1, 0.15) is 12.8 Å². The molecule has 0 atom stereocenters. The lowest BCUT2D eigenvalue weighted by molar-refractivity contribution is 0.496. The second-order valence-corrected chi connectivity index (χ2v) is 6.84. The summed E-state index contributed by atoms with van der Waals surface area (Å²) in [6.07, 6.45) is 5.54. The van der Waals surface area contributed by atoms with E-state index in [1.165, 1.54) is 0 Å². The predicted octanol–water partition coefficient (Wildman–Crippen LogP) is 2.69. The molecular formula is C17H20ClN7. The number of imidazole rings is 1. The Balaban J connectivity index is 1.76. The van der Waals surface area contributed by atoms with E-state index in [2.05, 4.69) is 15.2 Å². The number of nitrogens with one attached hydrogen (secondary N) is 1. The molecule has 3 aromatic rings. The normalized spacial score (nSPS) is 15.7. The van der Waals surface area contributed by atoms with E-state index >= 15 is 0 Å². The Morgan fingerprint density at radius 3 is 2.76 bits per heavy atom. The number of rotatable bonds is 3. The van der Waals surface area contributed by atoms with Gasteiger partial charge in [0.05, 0.1) is 11.8 Å². The van der Waals surface area contributed by atoms with E-state index in [0.717, 1.165) is 42.7 Å². The Labute approximate surface area is 150 Å². The third-order valence-corrected chi connectivity index (χ3v) is 4.65. The van der Waals surface area contributed by atoms with Gasteiger partial charge in [0.15, 0.2) is 0 Å². The molecular weight excluding hydrogens is 338 g/mol. The van der Waals surface area contributed by atoms with Gasteiger partial charge in [0, 0.05) is 42.8 Å². The molecule has 0 amide bonds. The van der Waals surface area contributed by atoms with Gasteiger partial charge in [-0.25, -0.2) is 9.97 Å². The molecule has 0 bridgehead atoms. The van der Waals surface area contributed by atoms with Crippen molar-refractivity contribution in [2.24, 2.45) is 12.8 Å². The average Bonchev–Trinajstić information content (AvgIpc) is 3.01. The van der Waals surface area contributed by atoms with Crippen LogP contribution in [0.2, 0.25) is 5.02 Å². The highest BCUT2D eigenvalue weighted by Gasteiger charge is 2.20. The van der Waals surface area contributed by atoms with Gasteiger partial charge in [-0.15, -0.1) is 0 Å². The minimum atomic E-state index is 0.265. The number of hydrogen-bond acceptors (Lipinski definition) is 6. The van der Waals surface area contributed by atoms with Crippen molar-refractivity contribution in [3.05, 3.63) is 35.7 Å². The second-order valence-electron chi connectivity index (χ2n) is 6.41. The van der Waals surface area contributed by atoms with Crippen molar-refractivity contribution < 1.29 is 0 Å². The average molecular weight is 358 g/mol. The summed E-state index contributed by atoms with van der Waals surface area (Å²) in [7, 11) is 1.93. The Hall–Kier alpha value is -2.38. The van der Waals surface area contributed by atoms with E-state index in [1.807, 2.05) is 36.0 Å². The SMILES string of the molecule is Cn1cnc(Nc2nc(N3CCC(N)CC3)nc3ccc(Cl)cc23)c1. The fourth-order valence-corrected chi connectivity index (χ4v) is 3.20. The number of benzene rings is 1. The highest BCUT2D eigenvalue weighted by Crippen LogP contribution is 2.29. The van der Waals surface area contributed by atoms with Gasteiger partial charge in [0.2, 0.25) is 5.95 Å². The van der Waals surface area contributed by atoms with Gasteiger partial charge in [-0.05, 0) is 31.0 Å². The number of fused-ring (bicyclic) bond motifs is 1. The lowest BCUT2D eigenvalue weighted by atomic mass is 10.1. The molecule has 7 nitrogen and oxygen atoms in total. The summed E-state index contributed by atoms with van der Waals surface area (Å²) in [4.78, 5) is 16.0. The summed E-state index contributed by atoms with van der Waals surface area (Å²) in [5.74, 6) is 2.14. The molecule has 4 rings (SSSR count).